The molecule has 0 spiro atoms. The number of carbonyl (C=O) groups is 2. The molecule has 1 aliphatic rings. The zero-order valence-electron chi connectivity index (χ0n) is 18.3. The fraction of sp³-hybridized carbons (Fsp3) is 0.565. The van der Waals surface area contributed by atoms with Crippen molar-refractivity contribution in [2.24, 2.45) is 0 Å². The SMILES string of the molecule is CNC(=O)C1(c2ccc(OC/C(=C/F)CNC(=O)OC(C)(C)C)cc2)CCCCC1. The molecule has 0 aromatic heterocycles. The summed E-state index contributed by atoms with van der Waals surface area (Å²) in [6, 6.07) is 7.42. The molecular formula is C23H33FN2O4. The lowest BCUT2D eigenvalue weighted by atomic mass is 9.69. The van der Waals surface area contributed by atoms with Crippen LogP contribution in [0.25, 0.3) is 0 Å². The Morgan fingerprint density at radius 3 is 2.30 bits per heavy atom. The first-order valence-corrected chi connectivity index (χ1v) is 10.4. The Labute approximate surface area is 178 Å². The Kier molecular flexibility index (Phi) is 8.26. The van der Waals surface area contributed by atoms with Crippen LogP contribution in [0.4, 0.5) is 9.18 Å². The maximum Gasteiger partial charge on any atom is 0.407 e. The van der Waals surface area contributed by atoms with Crippen LogP contribution in [0.2, 0.25) is 0 Å². The number of halogens is 1. The maximum absolute atomic E-state index is 13.2. The Morgan fingerprint density at radius 2 is 1.77 bits per heavy atom. The first-order valence-electron chi connectivity index (χ1n) is 10.4. The molecule has 2 amide bonds. The number of nitrogens with one attached hydrogen (secondary N) is 2. The predicted octanol–water partition coefficient (Wildman–Crippen LogP) is 4.39. The highest BCUT2D eigenvalue weighted by atomic mass is 19.1. The van der Waals surface area contributed by atoms with Crippen LogP contribution >= 0.6 is 0 Å². The van der Waals surface area contributed by atoms with Crippen molar-refractivity contribution in [3.63, 3.8) is 0 Å². The molecule has 2 N–H and O–H groups in total. The molecule has 0 bridgehead atoms. The summed E-state index contributed by atoms with van der Waals surface area (Å²) < 4.78 is 23.9. The van der Waals surface area contributed by atoms with E-state index in [1.165, 1.54) is 0 Å². The van der Waals surface area contributed by atoms with E-state index in [9.17, 15) is 14.0 Å². The number of likely N-dealkylation sites (N-methyl/N-ethyl adjacent to an activating group) is 1. The van der Waals surface area contributed by atoms with Crippen LogP contribution in [0, 0.1) is 0 Å². The Hall–Kier alpha value is -2.57. The first-order chi connectivity index (χ1) is 14.2. The van der Waals surface area contributed by atoms with E-state index in [4.69, 9.17) is 9.47 Å². The van der Waals surface area contributed by atoms with Gasteiger partial charge in [-0.15, -0.1) is 0 Å². The number of rotatable bonds is 7. The van der Waals surface area contributed by atoms with Gasteiger partial charge in [-0.1, -0.05) is 31.4 Å². The number of hydrogen-bond acceptors (Lipinski definition) is 4. The van der Waals surface area contributed by atoms with Gasteiger partial charge in [-0.3, -0.25) is 4.79 Å². The average molecular weight is 421 g/mol. The van der Waals surface area contributed by atoms with Gasteiger partial charge in [0.2, 0.25) is 5.91 Å². The van der Waals surface area contributed by atoms with Gasteiger partial charge in [-0.05, 0) is 51.3 Å². The second kappa shape index (κ2) is 10.5. The van der Waals surface area contributed by atoms with Crippen LogP contribution < -0.4 is 15.4 Å². The summed E-state index contributed by atoms with van der Waals surface area (Å²) in [5.41, 5.74) is 0.139. The minimum absolute atomic E-state index is 0.00770. The standard InChI is InChI=1S/C23H33FN2O4/c1-22(2,3)30-21(28)26-15-17(14-24)16-29-19-10-8-18(9-11-19)23(20(27)25-4)12-6-5-7-13-23/h8-11,14H,5-7,12-13,15-16H2,1-4H3,(H,25,27)(H,26,28)/b17-14+. The fourth-order valence-electron chi connectivity index (χ4n) is 3.71. The van der Waals surface area contributed by atoms with Crippen molar-refractivity contribution in [1.29, 1.82) is 0 Å². The molecule has 1 aliphatic carbocycles. The number of amides is 2. The van der Waals surface area contributed by atoms with E-state index < -0.39 is 17.1 Å². The highest BCUT2D eigenvalue weighted by Crippen LogP contribution is 2.40. The van der Waals surface area contributed by atoms with Gasteiger partial charge in [0.15, 0.2) is 0 Å². The third-order valence-electron chi connectivity index (χ3n) is 5.21. The number of alkyl carbamates (subject to hydrolysis) is 1. The Balaban J connectivity index is 1.95. The Bertz CT molecular complexity index is 747. The van der Waals surface area contributed by atoms with Gasteiger partial charge < -0.3 is 20.1 Å². The molecule has 0 heterocycles. The molecule has 1 saturated carbocycles. The number of benzene rings is 1. The molecule has 166 valence electrons. The largest absolute Gasteiger partial charge is 0.489 e. The van der Waals surface area contributed by atoms with E-state index in [0.717, 1.165) is 37.7 Å². The molecule has 0 unspecified atom stereocenters. The van der Waals surface area contributed by atoms with Crippen LogP contribution in [0.3, 0.4) is 0 Å². The lowest BCUT2D eigenvalue weighted by Gasteiger charge is -2.36. The number of carbonyl (C=O) groups excluding carboxylic acids is 2. The minimum Gasteiger partial charge on any atom is -0.489 e. The smallest absolute Gasteiger partial charge is 0.407 e. The molecule has 0 atom stereocenters. The topological polar surface area (TPSA) is 76.7 Å². The number of hydrogen-bond donors (Lipinski definition) is 2. The lowest BCUT2D eigenvalue weighted by molar-refractivity contribution is -0.127. The van der Waals surface area contributed by atoms with E-state index in [2.05, 4.69) is 10.6 Å². The lowest BCUT2D eigenvalue weighted by Crippen LogP contribution is -2.44. The van der Waals surface area contributed by atoms with Crippen LogP contribution in [0.1, 0.15) is 58.4 Å². The van der Waals surface area contributed by atoms with Crippen LogP contribution in [-0.2, 0) is 14.9 Å². The summed E-state index contributed by atoms with van der Waals surface area (Å²) in [4.78, 5) is 24.3. The average Bonchev–Trinajstić information content (AvgIpc) is 2.73. The fourth-order valence-corrected chi connectivity index (χ4v) is 3.71. The van der Waals surface area contributed by atoms with Crippen LogP contribution in [0.5, 0.6) is 5.75 Å². The molecular weight excluding hydrogens is 387 g/mol. The first kappa shape index (κ1) is 23.7. The zero-order valence-corrected chi connectivity index (χ0v) is 18.3. The third kappa shape index (κ3) is 6.47. The summed E-state index contributed by atoms with van der Waals surface area (Å²) in [6.07, 6.45) is 4.68. The van der Waals surface area contributed by atoms with E-state index >= 15 is 0 Å². The predicted molar refractivity (Wildman–Crippen MR) is 114 cm³/mol. The normalized spacial score (nSPS) is 16.5. The van der Waals surface area contributed by atoms with Crippen molar-refractivity contribution in [2.45, 2.75) is 63.9 Å². The summed E-state index contributed by atoms with van der Waals surface area (Å²) >= 11 is 0. The molecule has 7 heteroatoms. The monoisotopic (exact) mass is 420 g/mol. The molecule has 30 heavy (non-hydrogen) atoms. The highest BCUT2D eigenvalue weighted by Gasteiger charge is 2.40. The van der Waals surface area contributed by atoms with E-state index in [-0.39, 0.29) is 24.6 Å². The maximum atomic E-state index is 13.2. The summed E-state index contributed by atoms with van der Waals surface area (Å²) in [5, 5.41) is 5.32. The summed E-state index contributed by atoms with van der Waals surface area (Å²) in [6.45, 7) is 5.25. The molecule has 2 rings (SSSR count). The van der Waals surface area contributed by atoms with E-state index in [0.29, 0.717) is 12.1 Å². The number of ether oxygens (including phenoxy) is 2. The van der Waals surface area contributed by atoms with E-state index in [1.807, 2.05) is 12.1 Å². The van der Waals surface area contributed by atoms with Gasteiger partial charge in [0.25, 0.3) is 0 Å². The second-order valence-electron chi connectivity index (χ2n) is 8.66. The Morgan fingerprint density at radius 1 is 1.13 bits per heavy atom. The van der Waals surface area contributed by atoms with Crippen molar-refractivity contribution in [3.8, 4) is 5.75 Å². The van der Waals surface area contributed by atoms with Crippen molar-refractivity contribution in [2.75, 3.05) is 20.2 Å². The van der Waals surface area contributed by atoms with Gasteiger partial charge in [0, 0.05) is 19.2 Å². The molecule has 1 aromatic rings. The highest BCUT2D eigenvalue weighted by molar-refractivity contribution is 5.88. The molecule has 6 nitrogen and oxygen atoms in total. The molecule has 0 radical (unpaired) electrons. The van der Waals surface area contributed by atoms with Gasteiger partial charge >= 0.3 is 6.09 Å². The second-order valence-corrected chi connectivity index (χ2v) is 8.66. The van der Waals surface area contributed by atoms with Crippen molar-refractivity contribution < 1.29 is 23.5 Å². The van der Waals surface area contributed by atoms with Crippen LogP contribution in [0.15, 0.2) is 36.2 Å². The van der Waals surface area contributed by atoms with Gasteiger partial charge in [-0.25, -0.2) is 9.18 Å². The zero-order chi connectivity index (χ0) is 22.2. The molecule has 1 aromatic carbocycles. The molecule has 1 fully saturated rings. The van der Waals surface area contributed by atoms with Crippen molar-refractivity contribution >= 4 is 12.0 Å². The minimum atomic E-state index is -0.619. The summed E-state index contributed by atoms with van der Waals surface area (Å²) in [5.74, 6) is 0.616. The van der Waals surface area contributed by atoms with Crippen molar-refractivity contribution in [3.05, 3.63) is 41.7 Å². The van der Waals surface area contributed by atoms with E-state index in [1.54, 1.807) is 40.0 Å². The van der Waals surface area contributed by atoms with Gasteiger partial charge in [0.1, 0.15) is 18.0 Å². The van der Waals surface area contributed by atoms with Crippen LogP contribution in [-0.4, -0.2) is 37.8 Å². The molecule has 0 aliphatic heterocycles. The van der Waals surface area contributed by atoms with Gasteiger partial charge in [0.05, 0.1) is 11.7 Å². The molecule has 0 saturated heterocycles. The third-order valence-corrected chi connectivity index (χ3v) is 5.21. The quantitative estimate of drug-likeness (QED) is 0.686. The van der Waals surface area contributed by atoms with Gasteiger partial charge in [-0.2, -0.15) is 0 Å². The summed E-state index contributed by atoms with van der Waals surface area (Å²) in [7, 11) is 1.67. The van der Waals surface area contributed by atoms with Crippen molar-refractivity contribution in [1.82, 2.24) is 10.6 Å².